The third-order valence-corrected chi connectivity index (χ3v) is 2.49. The molecule has 1 aromatic carbocycles. The fourth-order valence-electron chi connectivity index (χ4n) is 1.49. The summed E-state index contributed by atoms with van der Waals surface area (Å²) in [6.07, 6.45) is 1.07. The van der Waals surface area contributed by atoms with E-state index in [1.807, 2.05) is 6.92 Å². The van der Waals surface area contributed by atoms with Gasteiger partial charge in [0.05, 0.1) is 17.3 Å². The predicted molar refractivity (Wildman–Crippen MR) is 64.8 cm³/mol. The van der Waals surface area contributed by atoms with Gasteiger partial charge in [-0.3, -0.25) is 4.79 Å². The van der Waals surface area contributed by atoms with E-state index in [4.69, 9.17) is 10.8 Å². The minimum atomic E-state index is -1.47. The van der Waals surface area contributed by atoms with E-state index in [1.165, 1.54) is 0 Å². The van der Waals surface area contributed by atoms with Crippen LogP contribution in [0.3, 0.4) is 0 Å². The Balaban J connectivity index is 3.03. The summed E-state index contributed by atoms with van der Waals surface area (Å²) in [4.78, 5) is 22.5. The van der Waals surface area contributed by atoms with Crippen molar-refractivity contribution in [2.45, 2.75) is 25.8 Å². The molecule has 0 heterocycles. The summed E-state index contributed by atoms with van der Waals surface area (Å²) in [5.74, 6) is -4.66. The SMILES string of the molecule is CCC[C@H](N)C(=O)Nc1cc(F)c(F)cc1C(=O)O. The number of amides is 1. The number of halogens is 2. The maximum Gasteiger partial charge on any atom is 0.337 e. The monoisotopic (exact) mass is 272 g/mol. The molecule has 0 aliphatic carbocycles. The van der Waals surface area contributed by atoms with Gasteiger partial charge in [-0.15, -0.1) is 0 Å². The largest absolute Gasteiger partial charge is 0.478 e. The van der Waals surface area contributed by atoms with Crippen molar-refractivity contribution in [2.75, 3.05) is 5.32 Å². The van der Waals surface area contributed by atoms with Crippen molar-refractivity contribution >= 4 is 17.6 Å². The Hall–Kier alpha value is -2.02. The van der Waals surface area contributed by atoms with Crippen LogP contribution in [0.2, 0.25) is 0 Å². The second-order valence-corrected chi connectivity index (χ2v) is 4.00. The maximum atomic E-state index is 13.1. The van der Waals surface area contributed by atoms with Crippen molar-refractivity contribution in [3.8, 4) is 0 Å². The number of hydrogen-bond donors (Lipinski definition) is 3. The Kier molecular flexibility index (Phi) is 4.94. The molecule has 1 amide bonds. The van der Waals surface area contributed by atoms with Gasteiger partial charge in [-0.05, 0) is 12.5 Å². The predicted octanol–water partition coefficient (Wildman–Crippen LogP) is 1.73. The van der Waals surface area contributed by atoms with E-state index in [2.05, 4.69) is 5.32 Å². The fourth-order valence-corrected chi connectivity index (χ4v) is 1.49. The van der Waals surface area contributed by atoms with Gasteiger partial charge in [0, 0.05) is 6.07 Å². The molecule has 0 bridgehead atoms. The Bertz CT molecular complexity index is 506. The molecule has 0 aliphatic heterocycles. The third-order valence-electron chi connectivity index (χ3n) is 2.49. The first-order valence-electron chi connectivity index (χ1n) is 5.65. The summed E-state index contributed by atoms with van der Waals surface area (Å²) < 4.78 is 26.0. The quantitative estimate of drug-likeness (QED) is 0.761. The number of aromatic carboxylic acids is 1. The van der Waals surface area contributed by atoms with Crippen molar-refractivity contribution < 1.29 is 23.5 Å². The highest BCUT2D eigenvalue weighted by molar-refractivity contribution is 6.02. The summed E-state index contributed by atoms with van der Waals surface area (Å²) in [5.41, 5.74) is 4.69. The standard InChI is InChI=1S/C12H14F2N2O3/c1-2-3-9(15)11(17)16-10-5-8(14)7(13)4-6(10)12(18)19/h4-5,9H,2-3,15H2,1H3,(H,16,17)(H,18,19)/t9-/m0/s1. The molecule has 104 valence electrons. The Labute approximate surface area is 108 Å². The van der Waals surface area contributed by atoms with E-state index in [-0.39, 0.29) is 5.69 Å². The fraction of sp³-hybridized carbons (Fsp3) is 0.333. The molecule has 19 heavy (non-hydrogen) atoms. The van der Waals surface area contributed by atoms with Gasteiger partial charge in [0.15, 0.2) is 11.6 Å². The van der Waals surface area contributed by atoms with E-state index >= 15 is 0 Å². The molecule has 1 rings (SSSR count). The first kappa shape index (κ1) is 15.0. The topological polar surface area (TPSA) is 92.4 Å². The molecule has 0 unspecified atom stereocenters. The minimum Gasteiger partial charge on any atom is -0.478 e. The molecule has 0 aromatic heterocycles. The number of hydrogen-bond acceptors (Lipinski definition) is 3. The number of carboxylic acids is 1. The molecule has 0 radical (unpaired) electrons. The molecular formula is C12H14F2N2O3. The lowest BCUT2D eigenvalue weighted by atomic mass is 10.1. The van der Waals surface area contributed by atoms with E-state index < -0.39 is 35.1 Å². The average molecular weight is 272 g/mol. The zero-order chi connectivity index (χ0) is 14.6. The van der Waals surface area contributed by atoms with Gasteiger partial charge in [0.25, 0.3) is 0 Å². The van der Waals surface area contributed by atoms with Gasteiger partial charge in [-0.25, -0.2) is 13.6 Å². The van der Waals surface area contributed by atoms with E-state index in [0.717, 1.165) is 0 Å². The second kappa shape index (κ2) is 6.24. The number of carboxylic acid groups (broad SMARTS) is 1. The van der Waals surface area contributed by atoms with Crippen LogP contribution < -0.4 is 11.1 Å². The van der Waals surface area contributed by atoms with E-state index in [0.29, 0.717) is 25.0 Å². The summed E-state index contributed by atoms with van der Waals surface area (Å²) in [6, 6.07) is 0.299. The molecule has 5 nitrogen and oxygen atoms in total. The van der Waals surface area contributed by atoms with Gasteiger partial charge >= 0.3 is 5.97 Å². The van der Waals surface area contributed by atoms with E-state index in [1.54, 1.807) is 0 Å². The molecule has 4 N–H and O–H groups in total. The number of rotatable bonds is 5. The van der Waals surface area contributed by atoms with Crippen LogP contribution in [0.25, 0.3) is 0 Å². The van der Waals surface area contributed by atoms with Crippen molar-refractivity contribution in [3.05, 3.63) is 29.3 Å². The van der Waals surface area contributed by atoms with Crippen LogP contribution in [0, 0.1) is 11.6 Å². The van der Waals surface area contributed by atoms with Crippen molar-refractivity contribution in [3.63, 3.8) is 0 Å². The van der Waals surface area contributed by atoms with Gasteiger partial charge in [0.1, 0.15) is 0 Å². The van der Waals surface area contributed by atoms with Gasteiger partial charge < -0.3 is 16.2 Å². The first-order chi connectivity index (χ1) is 8.86. The maximum absolute atomic E-state index is 13.1. The number of nitrogens with one attached hydrogen (secondary N) is 1. The zero-order valence-corrected chi connectivity index (χ0v) is 10.2. The molecule has 1 atom stereocenters. The Morgan fingerprint density at radius 3 is 2.47 bits per heavy atom. The molecule has 7 heteroatoms. The average Bonchev–Trinajstić information content (AvgIpc) is 2.33. The molecule has 0 spiro atoms. The zero-order valence-electron chi connectivity index (χ0n) is 10.2. The summed E-state index contributed by atoms with van der Waals surface area (Å²) in [5, 5.41) is 11.1. The van der Waals surface area contributed by atoms with Crippen LogP contribution in [-0.2, 0) is 4.79 Å². The van der Waals surface area contributed by atoms with Crippen LogP contribution in [0.15, 0.2) is 12.1 Å². The second-order valence-electron chi connectivity index (χ2n) is 4.00. The van der Waals surface area contributed by atoms with Crippen molar-refractivity contribution in [2.24, 2.45) is 5.73 Å². The van der Waals surface area contributed by atoms with Crippen LogP contribution >= 0.6 is 0 Å². The summed E-state index contributed by atoms with van der Waals surface area (Å²) in [6.45, 7) is 1.83. The number of nitrogens with two attached hydrogens (primary N) is 1. The number of anilines is 1. The lowest BCUT2D eigenvalue weighted by Gasteiger charge is -2.13. The normalized spacial score (nSPS) is 12.0. The number of benzene rings is 1. The number of carbonyl (C=O) groups excluding carboxylic acids is 1. The molecule has 0 fully saturated rings. The highest BCUT2D eigenvalue weighted by Gasteiger charge is 2.19. The number of carbonyl (C=O) groups is 2. The molecule has 0 saturated heterocycles. The smallest absolute Gasteiger partial charge is 0.337 e. The van der Waals surface area contributed by atoms with Gasteiger partial charge in [-0.1, -0.05) is 13.3 Å². The van der Waals surface area contributed by atoms with Crippen molar-refractivity contribution in [1.82, 2.24) is 0 Å². The molecule has 0 aliphatic rings. The molecule has 1 aromatic rings. The third kappa shape index (κ3) is 3.72. The van der Waals surface area contributed by atoms with Crippen molar-refractivity contribution in [1.29, 1.82) is 0 Å². The highest BCUT2D eigenvalue weighted by Crippen LogP contribution is 2.20. The molecular weight excluding hydrogens is 258 g/mol. The van der Waals surface area contributed by atoms with E-state index in [9.17, 15) is 18.4 Å². The van der Waals surface area contributed by atoms with Gasteiger partial charge in [0.2, 0.25) is 5.91 Å². The summed E-state index contributed by atoms with van der Waals surface area (Å²) in [7, 11) is 0. The highest BCUT2D eigenvalue weighted by atomic mass is 19.2. The lowest BCUT2D eigenvalue weighted by Crippen LogP contribution is -2.35. The lowest BCUT2D eigenvalue weighted by molar-refractivity contribution is -0.117. The van der Waals surface area contributed by atoms with Crippen LogP contribution in [0.5, 0.6) is 0 Å². The first-order valence-corrected chi connectivity index (χ1v) is 5.65. The van der Waals surface area contributed by atoms with Crippen LogP contribution in [0.4, 0.5) is 14.5 Å². The van der Waals surface area contributed by atoms with Crippen LogP contribution in [-0.4, -0.2) is 23.0 Å². The van der Waals surface area contributed by atoms with Crippen LogP contribution in [0.1, 0.15) is 30.1 Å². The van der Waals surface area contributed by atoms with Gasteiger partial charge in [-0.2, -0.15) is 0 Å². The Morgan fingerprint density at radius 2 is 1.95 bits per heavy atom. The Morgan fingerprint density at radius 1 is 1.37 bits per heavy atom. The summed E-state index contributed by atoms with van der Waals surface area (Å²) >= 11 is 0. The minimum absolute atomic E-state index is 0.317. The molecule has 0 saturated carbocycles.